The molecule has 4 rings (SSSR count). The van der Waals surface area contributed by atoms with Crippen molar-refractivity contribution in [1.82, 2.24) is 0 Å². The first-order valence-corrected chi connectivity index (χ1v) is 11.4. The SMILES string of the molecule is Cc1ccc(NC(=O)c2ccccc2NC(=O)c2cccc(Br)c2)c(C(=O)c2ccccc2)c1. The van der Waals surface area contributed by atoms with E-state index in [1.54, 1.807) is 78.9 Å². The van der Waals surface area contributed by atoms with Crippen molar-refractivity contribution in [3.05, 3.63) is 129 Å². The van der Waals surface area contributed by atoms with E-state index in [-0.39, 0.29) is 17.3 Å². The Bertz CT molecular complexity index is 1380. The highest BCUT2D eigenvalue weighted by Gasteiger charge is 2.19. The summed E-state index contributed by atoms with van der Waals surface area (Å²) in [5.74, 6) is -0.955. The molecule has 2 N–H and O–H groups in total. The maximum Gasteiger partial charge on any atom is 0.257 e. The number of aryl methyl sites for hydroxylation is 1. The molecule has 0 bridgehead atoms. The van der Waals surface area contributed by atoms with Gasteiger partial charge in [0.15, 0.2) is 5.78 Å². The van der Waals surface area contributed by atoms with E-state index in [1.165, 1.54) is 0 Å². The average Bonchev–Trinajstić information content (AvgIpc) is 2.85. The van der Waals surface area contributed by atoms with E-state index in [0.717, 1.165) is 10.0 Å². The zero-order chi connectivity index (χ0) is 24.1. The van der Waals surface area contributed by atoms with Gasteiger partial charge in [-0.2, -0.15) is 0 Å². The first-order valence-electron chi connectivity index (χ1n) is 10.6. The van der Waals surface area contributed by atoms with Gasteiger partial charge in [0.25, 0.3) is 11.8 Å². The van der Waals surface area contributed by atoms with Crippen LogP contribution in [-0.2, 0) is 0 Å². The average molecular weight is 513 g/mol. The third-order valence-corrected chi connectivity index (χ3v) is 5.70. The van der Waals surface area contributed by atoms with Crippen LogP contribution in [0.1, 0.15) is 42.2 Å². The topological polar surface area (TPSA) is 75.3 Å². The summed E-state index contributed by atoms with van der Waals surface area (Å²) < 4.78 is 0.779. The van der Waals surface area contributed by atoms with Gasteiger partial charge >= 0.3 is 0 Å². The molecule has 0 fully saturated rings. The fraction of sp³-hybridized carbons (Fsp3) is 0.0357. The number of hydrogen-bond donors (Lipinski definition) is 2. The second kappa shape index (κ2) is 10.3. The fourth-order valence-electron chi connectivity index (χ4n) is 3.50. The number of para-hydroxylation sites is 1. The lowest BCUT2D eigenvalue weighted by Crippen LogP contribution is -2.19. The first kappa shape index (κ1) is 23.1. The molecule has 6 heteroatoms. The largest absolute Gasteiger partial charge is 0.321 e. The molecule has 0 aromatic heterocycles. The number of rotatable bonds is 6. The molecular weight excluding hydrogens is 492 g/mol. The minimum absolute atomic E-state index is 0.184. The van der Waals surface area contributed by atoms with Gasteiger partial charge in [0.2, 0.25) is 0 Å². The zero-order valence-corrected chi connectivity index (χ0v) is 19.9. The maximum absolute atomic E-state index is 13.2. The summed E-state index contributed by atoms with van der Waals surface area (Å²) in [6.45, 7) is 1.89. The summed E-state index contributed by atoms with van der Waals surface area (Å²) >= 11 is 3.36. The number of anilines is 2. The van der Waals surface area contributed by atoms with E-state index in [1.807, 2.05) is 25.1 Å². The second-order valence-electron chi connectivity index (χ2n) is 7.71. The van der Waals surface area contributed by atoms with Crippen molar-refractivity contribution < 1.29 is 14.4 Å². The smallest absolute Gasteiger partial charge is 0.257 e. The van der Waals surface area contributed by atoms with E-state index in [0.29, 0.717) is 28.1 Å². The third-order valence-electron chi connectivity index (χ3n) is 5.21. The number of nitrogens with one attached hydrogen (secondary N) is 2. The monoisotopic (exact) mass is 512 g/mol. The quantitative estimate of drug-likeness (QED) is 0.289. The Morgan fingerprint density at radius 2 is 1.26 bits per heavy atom. The van der Waals surface area contributed by atoms with Gasteiger partial charge in [0, 0.05) is 21.2 Å². The standard InChI is InChI=1S/C28H21BrN2O3/c1-18-14-15-25(23(16-18)26(32)19-8-3-2-4-9-19)31-28(34)22-12-5-6-13-24(22)30-27(33)20-10-7-11-21(29)17-20/h2-17H,1H3,(H,30,33)(H,31,34). The number of amides is 2. The van der Waals surface area contributed by atoms with Crippen LogP contribution >= 0.6 is 15.9 Å². The summed E-state index contributed by atoms with van der Waals surface area (Å²) in [6, 6.07) is 27.9. The van der Waals surface area contributed by atoms with Gasteiger partial charge in [-0.1, -0.05) is 76.1 Å². The molecule has 168 valence electrons. The van der Waals surface area contributed by atoms with Crippen molar-refractivity contribution in [2.75, 3.05) is 10.6 Å². The summed E-state index contributed by atoms with van der Waals surface area (Å²) in [5.41, 5.74) is 3.34. The predicted octanol–water partition coefficient (Wildman–Crippen LogP) is 6.49. The van der Waals surface area contributed by atoms with Crippen LogP contribution in [-0.4, -0.2) is 17.6 Å². The molecule has 0 aliphatic rings. The van der Waals surface area contributed by atoms with Crippen molar-refractivity contribution in [3.8, 4) is 0 Å². The van der Waals surface area contributed by atoms with Crippen LogP contribution < -0.4 is 10.6 Å². The van der Waals surface area contributed by atoms with Gasteiger partial charge in [-0.15, -0.1) is 0 Å². The molecule has 0 unspecified atom stereocenters. The van der Waals surface area contributed by atoms with Crippen LogP contribution in [0.3, 0.4) is 0 Å². The van der Waals surface area contributed by atoms with Crippen LogP contribution in [0, 0.1) is 6.92 Å². The molecule has 0 saturated carbocycles. The van der Waals surface area contributed by atoms with Crippen molar-refractivity contribution in [2.45, 2.75) is 6.92 Å². The van der Waals surface area contributed by atoms with E-state index in [2.05, 4.69) is 26.6 Å². The minimum Gasteiger partial charge on any atom is -0.321 e. The van der Waals surface area contributed by atoms with Crippen LogP contribution in [0.15, 0.2) is 102 Å². The van der Waals surface area contributed by atoms with Gasteiger partial charge in [0.05, 0.1) is 16.9 Å². The minimum atomic E-state index is -0.434. The highest BCUT2D eigenvalue weighted by atomic mass is 79.9. The molecule has 5 nitrogen and oxygen atoms in total. The normalized spacial score (nSPS) is 10.4. The highest BCUT2D eigenvalue weighted by molar-refractivity contribution is 9.10. The van der Waals surface area contributed by atoms with E-state index >= 15 is 0 Å². The van der Waals surface area contributed by atoms with Gasteiger partial charge in [0.1, 0.15) is 0 Å². The number of halogens is 1. The fourth-order valence-corrected chi connectivity index (χ4v) is 3.90. The van der Waals surface area contributed by atoms with Crippen LogP contribution in [0.4, 0.5) is 11.4 Å². The Kier molecular flexibility index (Phi) is 6.99. The summed E-state index contributed by atoms with van der Waals surface area (Å²) in [5, 5.41) is 5.65. The number of benzene rings is 4. The van der Waals surface area contributed by atoms with Crippen molar-refractivity contribution in [2.24, 2.45) is 0 Å². The Balaban J connectivity index is 1.61. The molecule has 4 aromatic carbocycles. The summed E-state index contributed by atoms with van der Waals surface area (Å²) in [7, 11) is 0. The van der Waals surface area contributed by atoms with E-state index in [9.17, 15) is 14.4 Å². The van der Waals surface area contributed by atoms with Gasteiger partial charge in [-0.05, 0) is 49.4 Å². The van der Waals surface area contributed by atoms with Crippen LogP contribution in [0.5, 0.6) is 0 Å². The van der Waals surface area contributed by atoms with Crippen molar-refractivity contribution in [1.29, 1.82) is 0 Å². The highest BCUT2D eigenvalue weighted by Crippen LogP contribution is 2.24. The second-order valence-corrected chi connectivity index (χ2v) is 8.62. The third kappa shape index (κ3) is 5.30. The molecule has 0 heterocycles. The van der Waals surface area contributed by atoms with E-state index in [4.69, 9.17) is 0 Å². The molecule has 0 atom stereocenters. The lowest BCUT2D eigenvalue weighted by molar-refractivity contribution is 0.102. The molecule has 0 aliphatic carbocycles. The lowest BCUT2D eigenvalue weighted by atomic mass is 9.99. The molecule has 34 heavy (non-hydrogen) atoms. The summed E-state index contributed by atoms with van der Waals surface area (Å²) in [6.07, 6.45) is 0. The van der Waals surface area contributed by atoms with Gasteiger partial charge in [-0.3, -0.25) is 14.4 Å². The lowest BCUT2D eigenvalue weighted by Gasteiger charge is -2.14. The molecule has 0 saturated heterocycles. The van der Waals surface area contributed by atoms with Crippen molar-refractivity contribution in [3.63, 3.8) is 0 Å². The zero-order valence-electron chi connectivity index (χ0n) is 18.3. The predicted molar refractivity (Wildman–Crippen MR) is 138 cm³/mol. The Hall–Kier alpha value is -4.03. The Morgan fingerprint density at radius 3 is 2.03 bits per heavy atom. The molecule has 4 aromatic rings. The molecule has 2 amide bonds. The number of hydrogen-bond acceptors (Lipinski definition) is 3. The molecular formula is C28H21BrN2O3. The number of ketones is 1. The van der Waals surface area contributed by atoms with Crippen molar-refractivity contribution >= 4 is 44.9 Å². The summed E-state index contributed by atoms with van der Waals surface area (Å²) in [4.78, 5) is 39.1. The molecule has 0 aliphatic heterocycles. The maximum atomic E-state index is 13.2. The van der Waals surface area contributed by atoms with Crippen LogP contribution in [0.2, 0.25) is 0 Å². The van der Waals surface area contributed by atoms with Gasteiger partial charge in [-0.25, -0.2) is 0 Å². The number of carbonyl (C=O) groups is 3. The van der Waals surface area contributed by atoms with Gasteiger partial charge < -0.3 is 10.6 Å². The number of carbonyl (C=O) groups excluding carboxylic acids is 3. The Labute approximate surface area is 206 Å². The Morgan fingerprint density at radius 1 is 0.618 bits per heavy atom. The molecule has 0 radical (unpaired) electrons. The molecule has 0 spiro atoms. The van der Waals surface area contributed by atoms with E-state index < -0.39 is 5.91 Å². The van der Waals surface area contributed by atoms with Crippen LogP contribution in [0.25, 0.3) is 0 Å². The first-order chi connectivity index (χ1) is 16.4.